The van der Waals surface area contributed by atoms with E-state index in [1.54, 1.807) is 7.11 Å². The minimum absolute atomic E-state index is 0.0629. The Kier molecular flexibility index (Phi) is 7.86. The van der Waals surface area contributed by atoms with E-state index < -0.39 is 0 Å². The summed E-state index contributed by atoms with van der Waals surface area (Å²) in [5, 5.41) is 3.36. The van der Waals surface area contributed by atoms with Crippen molar-refractivity contribution in [2.45, 2.75) is 45.3 Å². The van der Waals surface area contributed by atoms with Crippen molar-refractivity contribution < 1.29 is 14.2 Å². The molecular weight excluding hydrogens is 290 g/mol. The Morgan fingerprint density at radius 3 is 2.52 bits per heavy atom. The molecule has 0 saturated heterocycles. The zero-order valence-corrected chi connectivity index (χ0v) is 14.7. The van der Waals surface area contributed by atoms with E-state index in [0.717, 1.165) is 37.8 Å². The van der Waals surface area contributed by atoms with Crippen molar-refractivity contribution in [1.29, 1.82) is 0 Å². The van der Waals surface area contributed by atoms with Crippen LogP contribution >= 0.6 is 0 Å². The molecule has 0 aromatic heterocycles. The van der Waals surface area contributed by atoms with Gasteiger partial charge in [-0.1, -0.05) is 26.0 Å². The van der Waals surface area contributed by atoms with Crippen LogP contribution < -0.4 is 10.1 Å². The number of ether oxygens (including phenoxy) is 3. The summed E-state index contributed by atoms with van der Waals surface area (Å²) in [5.41, 5.74) is 1.29. The third-order valence-electron chi connectivity index (χ3n) is 4.03. The van der Waals surface area contributed by atoms with Crippen molar-refractivity contribution in [3.8, 4) is 5.75 Å². The Bertz CT molecular complexity index is 429. The quantitative estimate of drug-likeness (QED) is 0.601. The summed E-state index contributed by atoms with van der Waals surface area (Å²) in [6.45, 7) is 7.35. The molecule has 4 heteroatoms. The van der Waals surface area contributed by atoms with Gasteiger partial charge in [-0.15, -0.1) is 0 Å². The molecule has 4 nitrogen and oxygen atoms in total. The van der Waals surface area contributed by atoms with Crippen LogP contribution in [0.25, 0.3) is 0 Å². The van der Waals surface area contributed by atoms with E-state index in [4.69, 9.17) is 14.2 Å². The molecule has 1 aromatic carbocycles. The lowest BCUT2D eigenvalue weighted by atomic mass is 10.1. The van der Waals surface area contributed by atoms with E-state index in [-0.39, 0.29) is 6.10 Å². The van der Waals surface area contributed by atoms with Gasteiger partial charge < -0.3 is 19.5 Å². The molecule has 23 heavy (non-hydrogen) atoms. The molecule has 0 heterocycles. The highest BCUT2D eigenvalue weighted by Crippen LogP contribution is 2.28. The van der Waals surface area contributed by atoms with E-state index in [1.165, 1.54) is 18.4 Å². The number of methoxy groups -OCH3 is 1. The molecule has 1 N–H and O–H groups in total. The van der Waals surface area contributed by atoms with Gasteiger partial charge in [0.15, 0.2) is 0 Å². The smallest absolute Gasteiger partial charge is 0.119 e. The summed E-state index contributed by atoms with van der Waals surface area (Å²) >= 11 is 0. The van der Waals surface area contributed by atoms with E-state index in [1.807, 2.05) is 12.1 Å². The number of benzene rings is 1. The van der Waals surface area contributed by atoms with Crippen LogP contribution in [0.4, 0.5) is 0 Å². The van der Waals surface area contributed by atoms with E-state index in [2.05, 4.69) is 31.3 Å². The van der Waals surface area contributed by atoms with Crippen molar-refractivity contribution >= 4 is 0 Å². The molecule has 0 radical (unpaired) electrons. The Balaban J connectivity index is 1.64. The van der Waals surface area contributed by atoms with Crippen LogP contribution in [0, 0.1) is 5.92 Å². The molecule has 1 aliphatic rings. The molecule has 1 aliphatic carbocycles. The second kappa shape index (κ2) is 9.91. The first-order chi connectivity index (χ1) is 11.2. The van der Waals surface area contributed by atoms with Crippen LogP contribution in [-0.2, 0) is 15.9 Å². The Labute approximate surface area is 140 Å². The number of nitrogens with one attached hydrogen (secondary N) is 1. The molecule has 0 bridgehead atoms. The lowest BCUT2D eigenvalue weighted by Crippen LogP contribution is -2.36. The van der Waals surface area contributed by atoms with Gasteiger partial charge in [0, 0.05) is 26.3 Å². The van der Waals surface area contributed by atoms with Crippen LogP contribution in [0.5, 0.6) is 5.75 Å². The van der Waals surface area contributed by atoms with Crippen molar-refractivity contribution in [3.05, 3.63) is 29.8 Å². The Morgan fingerprint density at radius 1 is 1.17 bits per heavy atom. The van der Waals surface area contributed by atoms with Gasteiger partial charge in [-0.05, 0) is 42.9 Å². The van der Waals surface area contributed by atoms with Crippen LogP contribution in [0.3, 0.4) is 0 Å². The number of hydrogen-bond donors (Lipinski definition) is 1. The summed E-state index contributed by atoms with van der Waals surface area (Å²) in [5.74, 6) is 1.73. The van der Waals surface area contributed by atoms with Gasteiger partial charge in [0.2, 0.25) is 0 Å². The zero-order valence-electron chi connectivity index (χ0n) is 14.7. The molecule has 0 aliphatic heterocycles. The highest BCUT2D eigenvalue weighted by molar-refractivity contribution is 5.27. The fourth-order valence-electron chi connectivity index (χ4n) is 2.24. The Morgan fingerprint density at radius 2 is 1.91 bits per heavy atom. The fourth-order valence-corrected chi connectivity index (χ4v) is 2.24. The van der Waals surface area contributed by atoms with Crippen molar-refractivity contribution in [2.24, 2.45) is 5.92 Å². The largest absolute Gasteiger partial charge is 0.491 e. The second-order valence-corrected chi connectivity index (χ2v) is 6.64. The van der Waals surface area contributed by atoms with Crippen molar-refractivity contribution in [3.63, 3.8) is 0 Å². The van der Waals surface area contributed by atoms with Gasteiger partial charge in [0.05, 0.1) is 6.61 Å². The van der Waals surface area contributed by atoms with Crippen LogP contribution in [0.2, 0.25) is 0 Å². The standard InChI is InChI=1S/C19H31NO3/c1-15(2)20-12-19(21-3)14-23-18-8-6-16(7-9-18)10-11-22-13-17-4-5-17/h6-9,15,17,19-20H,4-5,10-14H2,1-3H3. The van der Waals surface area contributed by atoms with Crippen molar-refractivity contribution in [1.82, 2.24) is 5.32 Å². The van der Waals surface area contributed by atoms with Gasteiger partial charge in [-0.25, -0.2) is 0 Å². The van der Waals surface area contributed by atoms with Crippen LogP contribution in [-0.4, -0.2) is 45.6 Å². The SMILES string of the molecule is COC(CNC(C)C)COc1ccc(CCOCC2CC2)cc1. The molecule has 1 unspecified atom stereocenters. The average molecular weight is 321 g/mol. The molecule has 0 spiro atoms. The maximum Gasteiger partial charge on any atom is 0.119 e. The maximum absolute atomic E-state index is 5.82. The first-order valence-corrected chi connectivity index (χ1v) is 8.73. The molecule has 1 saturated carbocycles. The number of rotatable bonds is 12. The van der Waals surface area contributed by atoms with Gasteiger partial charge in [0.25, 0.3) is 0 Å². The number of hydrogen-bond acceptors (Lipinski definition) is 4. The summed E-state index contributed by atoms with van der Waals surface area (Å²) in [4.78, 5) is 0. The molecule has 1 aromatic rings. The molecule has 130 valence electrons. The van der Waals surface area contributed by atoms with Crippen LogP contribution in [0.15, 0.2) is 24.3 Å². The minimum atomic E-state index is 0.0629. The predicted molar refractivity (Wildman–Crippen MR) is 93.1 cm³/mol. The third-order valence-corrected chi connectivity index (χ3v) is 4.03. The molecule has 1 atom stereocenters. The van der Waals surface area contributed by atoms with Gasteiger partial charge in [-0.2, -0.15) is 0 Å². The second-order valence-electron chi connectivity index (χ2n) is 6.64. The first-order valence-electron chi connectivity index (χ1n) is 8.73. The summed E-state index contributed by atoms with van der Waals surface area (Å²) in [7, 11) is 1.72. The Hall–Kier alpha value is -1.10. The molecular formula is C19H31NO3. The fraction of sp³-hybridized carbons (Fsp3) is 0.684. The molecule has 0 amide bonds. The minimum Gasteiger partial charge on any atom is -0.491 e. The summed E-state index contributed by atoms with van der Waals surface area (Å²) < 4.78 is 16.9. The zero-order chi connectivity index (χ0) is 16.5. The monoisotopic (exact) mass is 321 g/mol. The van der Waals surface area contributed by atoms with Crippen molar-refractivity contribution in [2.75, 3.05) is 33.5 Å². The van der Waals surface area contributed by atoms with E-state index in [9.17, 15) is 0 Å². The topological polar surface area (TPSA) is 39.7 Å². The van der Waals surface area contributed by atoms with Gasteiger partial charge in [-0.3, -0.25) is 0 Å². The maximum atomic E-state index is 5.82. The normalized spacial score (nSPS) is 15.8. The molecule has 2 rings (SSSR count). The predicted octanol–water partition coefficient (Wildman–Crippen LogP) is 3.05. The third kappa shape index (κ3) is 7.82. The first kappa shape index (κ1) is 18.2. The van der Waals surface area contributed by atoms with E-state index in [0.29, 0.717) is 12.6 Å². The van der Waals surface area contributed by atoms with E-state index >= 15 is 0 Å². The average Bonchev–Trinajstić information content (AvgIpc) is 3.37. The lowest BCUT2D eigenvalue weighted by Gasteiger charge is -2.18. The lowest BCUT2D eigenvalue weighted by molar-refractivity contribution is 0.0568. The summed E-state index contributed by atoms with van der Waals surface area (Å²) in [6, 6.07) is 8.74. The van der Waals surface area contributed by atoms with Gasteiger partial charge in [0.1, 0.15) is 18.5 Å². The summed E-state index contributed by atoms with van der Waals surface area (Å²) in [6.07, 6.45) is 3.72. The molecule has 1 fully saturated rings. The highest BCUT2D eigenvalue weighted by Gasteiger charge is 2.20. The van der Waals surface area contributed by atoms with Gasteiger partial charge >= 0.3 is 0 Å². The van der Waals surface area contributed by atoms with Crippen LogP contribution in [0.1, 0.15) is 32.3 Å². The highest BCUT2D eigenvalue weighted by atomic mass is 16.5.